The molecule has 2 aliphatic heterocycles. The quantitative estimate of drug-likeness (QED) is 0.473. The smallest absolute Gasteiger partial charge is 0.323 e. The number of benzene rings is 2. The van der Waals surface area contributed by atoms with Crippen LogP contribution in [-0.4, -0.2) is 35.0 Å². The highest BCUT2D eigenvalue weighted by molar-refractivity contribution is 6.01. The van der Waals surface area contributed by atoms with E-state index in [9.17, 15) is 4.79 Å². The standard InChI is InChI=1S/C26H32N4O/c1-18-25(19-10-12-22-9-5-6-15-30(22)16-14-19)23-17-21(11-13-24(23)27-18)29-26(31)28-20-7-3-2-4-8-20/h2-4,7-8,11,13,17,19,22,27H,5-6,9-10,12,14-16H2,1H3,(H2,28,29,31). The van der Waals surface area contributed by atoms with Crippen molar-refractivity contribution in [1.29, 1.82) is 0 Å². The van der Waals surface area contributed by atoms with Crippen LogP contribution in [0, 0.1) is 6.92 Å². The largest absolute Gasteiger partial charge is 0.358 e. The number of anilines is 2. The van der Waals surface area contributed by atoms with E-state index < -0.39 is 0 Å². The van der Waals surface area contributed by atoms with Gasteiger partial charge in [-0.3, -0.25) is 0 Å². The van der Waals surface area contributed by atoms with Gasteiger partial charge in [0.2, 0.25) is 0 Å². The molecule has 2 fully saturated rings. The van der Waals surface area contributed by atoms with Crippen molar-refractivity contribution in [1.82, 2.24) is 9.88 Å². The van der Waals surface area contributed by atoms with Gasteiger partial charge in [-0.05, 0) is 93.9 Å². The van der Waals surface area contributed by atoms with Crippen LogP contribution in [0.1, 0.15) is 55.7 Å². The minimum atomic E-state index is -0.217. The molecule has 0 saturated carbocycles. The van der Waals surface area contributed by atoms with E-state index >= 15 is 0 Å². The van der Waals surface area contributed by atoms with Crippen molar-refractivity contribution in [3.8, 4) is 0 Å². The number of urea groups is 1. The summed E-state index contributed by atoms with van der Waals surface area (Å²) in [4.78, 5) is 18.8. The molecule has 2 aromatic carbocycles. The van der Waals surface area contributed by atoms with Gasteiger partial charge >= 0.3 is 6.03 Å². The Morgan fingerprint density at radius 2 is 1.77 bits per heavy atom. The predicted octanol–water partition coefficient (Wildman–Crippen LogP) is 6.24. The van der Waals surface area contributed by atoms with E-state index in [1.54, 1.807) is 0 Å². The lowest BCUT2D eigenvalue weighted by Crippen LogP contribution is -2.38. The molecular weight excluding hydrogens is 384 g/mol. The molecule has 0 bridgehead atoms. The van der Waals surface area contributed by atoms with Crippen molar-refractivity contribution < 1.29 is 4.79 Å². The first-order valence-electron chi connectivity index (χ1n) is 11.7. The number of carbonyl (C=O) groups is 1. The second-order valence-corrected chi connectivity index (χ2v) is 9.12. The van der Waals surface area contributed by atoms with Crippen LogP contribution in [0.25, 0.3) is 10.9 Å². The number of hydrogen-bond donors (Lipinski definition) is 3. The number of amides is 2. The summed E-state index contributed by atoms with van der Waals surface area (Å²) in [6, 6.07) is 16.3. The van der Waals surface area contributed by atoms with Crippen LogP contribution < -0.4 is 10.6 Å². The van der Waals surface area contributed by atoms with Gasteiger partial charge in [0, 0.05) is 34.0 Å². The third kappa shape index (κ3) is 4.33. The van der Waals surface area contributed by atoms with Crippen LogP contribution in [-0.2, 0) is 0 Å². The van der Waals surface area contributed by atoms with Crippen LogP contribution in [0.3, 0.4) is 0 Å². The number of nitrogens with zero attached hydrogens (tertiary/aromatic N) is 1. The van der Waals surface area contributed by atoms with Gasteiger partial charge in [0.15, 0.2) is 0 Å². The first kappa shape index (κ1) is 20.1. The van der Waals surface area contributed by atoms with Crippen LogP contribution >= 0.6 is 0 Å². The fourth-order valence-corrected chi connectivity index (χ4v) is 5.60. The minimum absolute atomic E-state index is 0.217. The van der Waals surface area contributed by atoms with Gasteiger partial charge in [0.25, 0.3) is 0 Å². The van der Waals surface area contributed by atoms with Crippen LogP contribution in [0.2, 0.25) is 0 Å². The molecule has 31 heavy (non-hydrogen) atoms. The van der Waals surface area contributed by atoms with E-state index in [1.807, 2.05) is 36.4 Å². The number of para-hydroxylation sites is 1. The summed E-state index contributed by atoms with van der Waals surface area (Å²) in [5.74, 6) is 0.577. The Labute approximate surface area is 184 Å². The molecule has 2 amide bonds. The van der Waals surface area contributed by atoms with Gasteiger partial charge in [-0.2, -0.15) is 0 Å². The molecule has 2 saturated heterocycles. The first-order chi connectivity index (χ1) is 15.2. The fraction of sp³-hybridized carbons (Fsp3) is 0.423. The lowest BCUT2D eigenvalue weighted by atomic mass is 9.88. The van der Waals surface area contributed by atoms with Crippen molar-refractivity contribution in [2.24, 2.45) is 0 Å². The Morgan fingerprint density at radius 1 is 0.935 bits per heavy atom. The van der Waals surface area contributed by atoms with Crippen molar-refractivity contribution in [3.05, 3.63) is 59.8 Å². The van der Waals surface area contributed by atoms with Crippen molar-refractivity contribution in [2.75, 3.05) is 23.7 Å². The molecule has 0 aliphatic carbocycles. The first-order valence-corrected chi connectivity index (χ1v) is 11.7. The van der Waals surface area contributed by atoms with E-state index in [2.05, 4.69) is 39.6 Å². The number of H-pyrrole nitrogens is 1. The third-order valence-corrected chi connectivity index (χ3v) is 7.10. The third-order valence-electron chi connectivity index (χ3n) is 7.10. The summed E-state index contributed by atoms with van der Waals surface area (Å²) in [7, 11) is 0. The summed E-state index contributed by atoms with van der Waals surface area (Å²) in [6.07, 6.45) is 7.88. The number of rotatable bonds is 3. The molecule has 3 heterocycles. The summed E-state index contributed by atoms with van der Waals surface area (Å²) in [6.45, 7) is 4.68. The molecule has 5 heteroatoms. The number of carbonyl (C=O) groups excluding carboxylic acids is 1. The van der Waals surface area contributed by atoms with Gasteiger partial charge in [-0.1, -0.05) is 24.6 Å². The number of aromatic amines is 1. The van der Waals surface area contributed by atoms with Gasteiger partial charge < -0.3 is 20.5 Å². The number of fused-ring (bicyclic) bond motifs is 2. The molecule has 162 valence electrons. The highest BCUT2D eigenvalue weighted by Gasteiger charge is 2.29. The molecule has 0 radical (unpaired) electrons. The monoisotopic (exact) mass is 416 g/mol. The number of piperidine rings is 1. The van der Waals surface area contributed by atoms with Gasteiger partial charge in [0.1, 0.15) is 0 Å². The van der Waals surface area contributed by atoms with E-state index in [0.29, 0.717) is 5.92 Å². The Bertz CT molecular complexity index is 1040. The van der Waals surface area contributed by atoms with E-state index in [1.165, 1.54) is 68.3 Å². The molecule has 3 aromatic rings. The molecule has 5 nitrogen and oxygen atoms in total. The fourth-order valence-electron chi connectivity index (χ4n) is 5.60. The summed E-state index contributed by atoms with van der Waals surface area (Å²) >= 11 is 0. The van der Waals surface area contributed by atoms with Gasteiger partial charge in [-0.25, -0.2) is 4.79 Å². The van der Waals surface area contributed by atoms with Crippen molar-refractivity contribution >= 4 is 28.3 Å². The lowest BCUT2D eigenvalue weighted by Gasteiger charge is -2.33. The number of nitrogens with one attached hydrogen (secondary N) is 3. The molecule has 2 atom stereocenters. The zero-order valence-electron chi connectivity index (χ0n) is 18.3. The highest BCUT2D eigenvalue weighted by Crippen LogP contribution is 2.39. The van der Waals surface area contributed by atoms with E-state index in [0.717, 1.165) is 22.9 Å². The van der Waals surface area contributed by atoms with E-state index in [4.69, 9.17) is 0 Å². The molecular formula is C26H32N4O. The SMILES string of the molecule is Cc1[nH]c2ccc(NC(=O)Nc3ccccc3)cc2c1C1CCC2CCCCN2CC1. The summed E-state index contributed by atoms with van der Waals surface area (Å²) < 4.78 is 0. The Kier molecular flexibility index (Phi) is 5.68. The van der Waals surface area contributed by atoms with Crippen molar-refractivity contribution in [3.63, 3.8) is 0 Å². The maximum atomic E-state index is 12.5. The molecule has 0 spiro atoms. The number of aryl methyl sites for hydroxylation is 1. The summed E-state index contributed by atoms with van der Waals surface area (Å²) in [5.41, 5.74) is 5.48. The molecule has 1 aromatic heterocycles. The molecule has 3 N–H and O–H groups in total. The molecule has 2 unspecified atom stereocenters. The Balaban J connectivity index is 1.36. The zero-order valence-corrected chi connectivity index (χ0v) is 18.3. The van der Waals surface area contributed by atoms with Crippen LogP contribution in [0.4, 0.5) is 16.2 Å². The van der Waals surface area contributed by atoms with Crippen LogP contribution in [0.5, 0.6) is 0 Å². The highest BCUT2D eigenvalue weighted by atomic mass is 16.2. The second kappa shape index (κ2) is 8.75. The molecule has 5 rings (SSSR count). The predicted molar refractivity (Wildman–Crippen MR) is 128 cm³/mol. The minimum Gasteiger partial charge on any atom is -0.358 e. The Hall–Kier alpha value is -2.79. The van der Waals surface area contributed by atoms with Gasteiger partial charge in [-0.15, -0.1) is 0 Å². The van der Waals surface area contributed by atoms with Crippen molar-refractivity contribution in [2.45, 2.75) is 57.4 Å². The maximum absolute atomic E-state index is 12.5. The average molecular weight is 417 g/mol. The van der Waals surface area contributed by atoms with Crippen LogP contribution in [0.15, 0.2) is 48.5 Å². The zero-order chi connectivity index (χ0) is 21.2. The lowest BCUT2D eigenvalue weighted by molar-refractivity contribution is 0.151. The number of aromatic nitrogens is 1. The van der Waals surface area contributed by atoms with E-state index in [-0.39, 0.29) is 6.03 Å². The van der Waals surface area contributed by atoms with Gasteiger partial charge in [0.05, 0.1) is 0 Å². The second-order valence-electron chi connectivity index (χ2n) is 9.12. The topological polar surface area (TPSA) is 60.2 Å². The Morgan fingerprint density at radius 3 is 2.65 bits per heavy atom. The molecule has 2 aliphatic rings. The normalized spacial score (nSPS) is 22.0. The summed E-state index contributed by atoms with van der Waals surface area (Å²) in [5, 5.41) is 7.15. The average Bonchev–Trinajstić information content (AvgIpc) is 2.96. The maximum Gasteiger partial charge on any atom is 0.323 e. The number of hydrogen-bond acceptors (Lipinski definition) is 2.